The molecule has 0 spiro atoms. The molecule has 1 heterocycles. The highest BCUT2D eigenvalue weighted by Crippen LogP contribution is 2.22. The number of nitrogens with two attached hydrogens (primary N) is 1. The standard InChI is InChI=1S/C12H12N2O3S/c1-16-10-6-8(2-3-9(10)13)12(15)17-7-11-14-4-5-18-11/h2-6H,7,13H2,1H3. The van der Waals surface area contributed by atoms with Crippen LogP contribution in [0.3, 0.4) is 0 Å². The van der Waals surface area contributed by atoms with Crippen LogP contribution in [0.2, 0.25) is 0 Å². The zero-order valence-corrected chi connectivity index (χ0v) is 10.6. The molecule has 0 radical (unpaired) electrons. The Balaban J connectivity index is 2.04. The van der Waals surface area contributed by atoms with Gasteiger partial charge in [-0.15, -0.1) is 11.3 Å². The average Bonchev–Trinajstić information content (AvgIpc) is 2.89. The van der Waals surface area contributed by atoms with Crippen LogP contribution in [0.25, 0.3) is 0 Å². The molecule has 0 amide bonds. The van der Waals surface area contributed by atoms with E-state index in [4.69, 9.17) is 15.2 Å². The number of rotatable bonds is 4. The van der Waals surface area contributed by atoms with Gasteiger partial charge in [0.05, 0.1) is 18.4 Å². The number of anilines is 1. The highest BCUT2D eigenvalue weighted by atomic mass is 32.1. The lowest BCUT2D eigenvalue weighted by molar-refractivity contribution is 0.0472. The first kappa shape index (κ1) is 12.4. The normalized spacial score (nSPS) is 10.1. The van der Waals surface area contributed by atoms with Gasteiger partial charge in [0, 0.05) is 11.6 Å². The number of methoxy groups -OCH3 is 1. The van der Waals surface area contributed by atoms with Gasteiger partial charge in [0.1, 0.15) is 17.4 Å². The lowest BCUT2D eigenvalue weighted by Crippen LogP contribution is -2.06. The van der Waals surface area contributed by atoms with Gasteiger partial charge in [0.15, 0.2) is 0 Å². The molecule has 0 bridgehead atoms. The molecule has 18 heavy (non-hydrogen) atoms. The first-order valence-corrected chi connectivity index (χ1v) is 6.07. The van der Waals surface area contributed by atoms with Crippen LogP contribution in [0.5, 0.6) is 5.75 Å². The smallest absolute Gasteiger partial charge is 0.338 e. The van der Waals surface area contributed by atoms with Gasteiger partial charge in [-0.3, -0.25) is 0 Å². The van der Waals surface area contributed by atoms with Crippen LogP contribution < -0.4 is 10.5 Å². The van der Waals surface area contributed by atoms with E-state index >= 15 is 0 Å². The summed E-state index contributed by atoms with van der Waals surface area (Å²) in [4.78, 5) is 15.8. The first-order chi connectivity index (χ1) is 8.70. The number of esters is 1. The Kier molecular flexibility index (Phi) is 3.78. The second-order valence-electron chi connectivity index (χ2n) is 3.46. The van der Waals surface area contributed by atoms with Crippen molar-refractivity contribution in [3.8, 4) is 5.75 Å². The zero-order chi connectivity index (χ0) is 13.0. The third-order valence-electron chi connectivity index (χ3n) is 2.28. The summed E-state index contributed by atoms with van der Waals surface area (Å²) >= 11 is 1.44. The average molecular weight is 264 g/mol. The fourth-order valence-electron chi connectivity index (χ4n) is 1.37. The molecule has 1 aromatic heterocycles. The van der Waals surface area contributed by atoms with Crippen LogP contribution in [0.15, 0.2) is 29.8 Å². The maximum atomic E-state index is 11.8. The highest BCUT2D eigenvalue weighted by Gasteiger charge is 2.10. The molecule has 6 heteroatoms. The number of aromatic nitrogens is 1. The molecular formula is C12H12N2O3S. The van der Waals surface area contributed by atoms with Gasteiger partial charge < -0.3 is 15.2 Å². The lowest BCUT2D eigenvalue weighted by Gasteiger charge is -2.07. The number of nitrogen functional groups attached to an aromatic ring is 1. The molecule has 0 aliphatic heterocycles. The number of nitrogens with zero attached hydrogens (tertiary/aromatic N) is 1. The van der Waals surface area contributed by atoms with Crippen LogP contribution in [0.1, 0.15) is 15.4 Å². The van der Waals surface area contributed by atoms with Crippen molar-refractivity contribution in [2.75, 3.05) is 12.8 Å². The Hall–Kier alpha value is -2.08. The van der Waals surface area contributed by atoms with E-state index in [1.54, 1.807) is 24.4 Å². The Labute approximate surface area is 108 Å². The molecular weight excluding hydrogens is 252 g/mol. The van der Waals surface area contributed by atoms with Gasteiger partial charge in [-0.05, 0) is 18.2 Å². The van der Waals surface area contributed by atoms with E-state index in [2.05, 4.69) is 4.98 Å². The van der Waals surface area contributed by atoms with Crippen molar-refractivity contribution in [1.29, 1.82) is 0 Å². The molecule has 2 rings (SSSR count). The molecule has 0 fully saturated rings. The summed E-state index contributed by atoms with van der Waals surface area (Å²) in [5.74, 6) is 0.0298. The number of thiazole rings is 1. The summed E-state index contributed by atoms with van der Waals surface area (Å²) in [5, 5.41) is 2.58. The molecule has 0 atom stereocenters. The van der Waals surface area contributed by atoms with Crippen LogP contribution in [-0.2, 0) is 11.3 Å². The second kappa shape index (κ2) is 5.50. The minimum Gasteiger partial charge on any atom is -0.495 e. The topological polar surface area (TPSA) is 74.4 Å². The Morgan fingerprint density at radius 2 is 2.33 bits per heavy atom. The molecule has 0 saturated heterocycles. The van der Waals surface area contributed by atoms with Gasteiger partial charge in [-0.2, -0.15) is 0 Å². The molecule has 1 aromatic carbocycles. The second-order valence-corrected chi connectivity index (χ2v) is 4.44. The maximum absolute atomic E-state index is 11.8. The zero-order valence-electron chi connectivity index (χ0n) is 9.75. The van der Waals surface area contributed by atoms with Crippen molar-refractivity contribution in [2.45, 2.75) is 6.61 Å². The summed E-state index contributed by atoms with van der Waals surface area (Å²) < 4.78 is 10.2. The van der Waals surface area contributed by atoms with Gasteiger partial charge in [-0.25, -0.2) is 9.78 Å². The van der Waals surface area contributed by atoms with Gasteiger partial charge in [-0.1, -0.05) is 0 Å². The van der Waals surface area contributed by atoms with E-state index in [0.717, 1.165) is 5.01 Å². The fraction of sp³-hybridized carbons (Fsp3) is 0.167. The van der Waals surface area contributed by atoms with E-state index < -0.39 is 5.97 Å². The number of carbonyl (C=O) groups excluding carboxylic acids is 1. The van der Waals surface area contributed by atoms with Crippen molar-refractivity contribution in [2.24, 2.45) is 0 Å². The largest absolute Gasteiger partial charge is 0.495 e. The molecule has 2 N–H and O–H groups in total. The van der Waals surface area contributed by atoms with Crippen molar-refractivity contribution in [1.82, 2.24) is 4.98 Å². The summed E-state index contributed by atoms with van der Waals surface area (Å²) in [6, 6.07) is 4.76. The monoisotopic (exact) mass is 264 g/mol. The first-order valence-electron chi connectivity index (χ1n) is 5.19. The lowest BCUT2D eigenvalue weighted by atomic mass is 10.2. The van der Waals surface area contributed by atoms with E-state index in [1.165, 1.54) is 18.4 Å². The molecule has 0 unspecified atom stereocenters. The Morgan fingerprint density at radius 1 is 1.50 bits per heavy atom. The predicted octanol–water partition coefficient (Wildman–Crippen LogP) is 2.09. The predicted molar refractivity (Wildman–Crippen MR) is 68.6 cm³/mol. The highest BCUT2D eigenvalue weighted by molar-refractivity contribution is 7.09. The number of ether oxygens (including phenoxy) is 2. The molecule has 94 valence electrons. The third kappa shape index (κ3) is 2.78. The Morgan fingerprint density at radius 3 is 3.00 bits per heavy atom. The van der Waals surface area contributed by atoms with Crippen LogP contribution in [0.4, 0.5) is 5.69 Å². The third-order valence-corrected chi connectivity index (χ3v) is 3.03. The molecule has 0 saturated carbocycles. The van der Waals surface area contributed by atoms with Crippen molar-refractivity contribution in [3.05, 3.63) is 40.3 Å². The minimum absolute atomic E-state index is 0.170. The van der Waals surface area contributed by atoms with E-state index in [9.17, 15) is 4.79 Å². The van der Waals surface area contributed by atoms with Crippen LogP contribution in [0, 0.1) is 0 Å². The molecule has 5 nitrogen and oxygen atoms in total. The number of carbonyl (C=O) groups is 1. The summed E-state index contributed by atoms with van der Waals surface area (Å²) in [6.07, 6.45) is 1.67. The number of hydrogen-bond donors (Lipinski definition) is 1. The summed E-state index contributed by atoms with van der Waals surface area (Å²) in [5.41, 5.74) is 6.55. The Bertz CT molecular complexity index is 540. The fourth-order valence-corrected chi connectivity index (χ4v) is 1.90. The van der Waals surface area contributed by atoms with Gasteiger partial charge >= 0.3 is 5.97 Å². The van der Waals surface area contributed by atoms with Crippen molar-refractivity contribution in [3.63, 3.8) is 0 Å². The van der Waals surface area contributed by atoms with E-state index in [1.807, 2.05) is 5.38 Å². The van der Waals surface area contributed by atoms with E-state index in [-0.39, 0.29) is 6.61 Å². The number of benzene rings is 1. The quantitative estimate of drug-likeness (QED) is 0.676. The SMILES string of the molecule is COc1cc(C(=O)OCc2nccs2)ccc1N. The molecule has 2 aromatic rings. The number of hydrogen-bond acceptors (Lipinski definition) is 6. The van der Waals surface area contributed by atoms with Crippen LogP contribution >= 0.6 is 11.3 Å². The van der Waals surface area contributed by atoms with Gasteiger partial charge in [0.25, 0.3) is 0 Å². The van der Waals surface area contributed by atoms with Crippen molar-refractivity contribution < 1.29 is 14.3 Å². The van der Waals surface area contributed by atoms with E-state index in [0.29, 0.717) is 17.0 Å². The van der Waals surface area contributed by atoms with Crippen molar-refractivity contribution >= 4 is 23.0 Å². The minimum atomic E-state index is -0.427. The molecule has 0 aliphatic rings. The molecule has 0 aliphatic carbocycles. The maximum Gasteiger partial charge on any atom is 0.338 e. The van der Waals surface area contributed by atoms with Gasteiger partial charge in [0.2, 0.25) is 0 Å². The van der Waals surface area contributed by atoms with Crippen LogP contribution in [-0.4, -0.2) is 18.1 Å². The summed E-state index contributed by atoms with van der Waals surface area (Å²) in [7, 11) is 1.50. The summed E-state index contributed by atoms with van der Waals surface area (Å²) in [6.45, 7) is 0.170.